The number of nitrogens with zero attached hydrogens (tertiary/aromatic N) is 1. The maximum Gasteiger partial charge on any atom is 0.416 e. The number of anilines is 1. The average molecular weight is 382 g/mol. The maximum absolute atomic E-state index is 13.5. The van der Waals surface area contributed by atoms with Crippen LogP contribution in [-0.2, 0) is 11.0 Å². The number of nitrogens with one attached hydrogen (secondary N) is 1. The Hall–Kier alpha value is -2.41. The van der Waals surface area contributed by atoms with Gasteiger partial charge in [0.1, 0.15) is 11.9 Å². The van der Waals surface area contributed by atoms with Crippen molar-refractivity contribution in [3.8, 4) is 0 Å². The van der Waals surface area contributed by atoms with Gasteiger partial charge in [-0.3, -0.25) is 9.69 Å². The van der Waals surface area contributed by atoms with Crippen LogP contribution in [0.15, 0.2) is 42.5 Å². The molecule has 2 aromatic rings. The van der Waals surface area contributed by atoms with E-state index >= 15 is 0 Å². The molecule has 1 amide bonds. The zero-order valence-electron chi connectivity index (χ0n) is 15.4. The van der Waals surface area contributed by atoms with Crippen LogP contribution in [0.5, 0.6) is 0 Å². The molecular weight excluding hydrogens is 360 g/mol. The Labute approximate surface area is 156 Å². The third-order valence-electron chi connectivity index (χ3n) is 4.41. The number of rotatable bonds is 6. The monoisotopic (exact) mass is 382 g/mol. The Kier molecular flexibility index (Phi) is 6.59. The van der Waals surface area contributed by atoms with Crippen molar-refractivity contribution in [2.45, 2.75) is 33.0 Å². The van der Waals surface area contributed by atoms with E-state index in [-0.39, 0.29) is 5.56 Å². The smallest absolute Gasteiger partial charge is 0.324 e. The Morgan fingerprint density at radius 2 is 1.78 bits per heavy atom. The summed E-state index contributed by atoms with van der Waals surface area (Å²) < 4.78 is 52.8. The summed E-state index contributed by atoms with van der Waals surface area (Å²) in [7, 11) is 0. The predicted molar refractivity (Wildman–Crippen MR) is 96.9 cm³/mol. The minimum absolute atomic E-state index is 0.236. The molecule has 0 bridgehead atoms. The van der Waals surface area contributed by atoms with Crippen LogP contribution in [0, 0.1) is 12.7 Å². The molecule has 0 spiro atoms. The maximum atomic E-state index is 13.5. The number of halogens is 4. The van der Waals surface area contributed by atoms with Crippen molar-refractivity contribution in [2.75, 3.05) is 18.4 Å². The molecule has 0 aliphatic carbocycles. The topological polar surface area (TPSA) is 32.3 Å². The molecule has 146 valence electrons. The van der Waals surface area contributed by atoms with Gasteiger partial charge in [-0.25, -0.2) is 4.39 Å². The molecule has 0 aliphatic heterocycles. The van der Waals surface area contributed by atoms with E-state index < -0.39 is 29.5 Å². The second-order valence-corrected chi connectivity index (χ2v) is 6.20. The standard InChI is InChI=1S/C20H22F4N2O/c1-4-26(5-2)18(14-7-6-8-15(11-14)20(22,23)24)19(27)25-17-12-16(21)10-9-13(17)3/h6-12,18H,4-5H2,1-3H3,(H,25,27)/t18-/m1/s1. The fourth-order valence-electron chi connectivity index (χ4n) is 2.93. The highest BCUT2D eigenvalue weighted by Crippen LogP contribution is 2.32. The van der Waals surface area contributed by atoms with Gasteiger partial charge in [0, 0.05) is 5.69 Å². The van der Waals surface area contributed by atoms with Gasteiger partial charge in [0.2, 0.25) is 5.91 Å². The van der Waals surface area contributed by atoms with Gasteiger partial charge in [0.05, 0.1) is 5.56 Å². The fourth-order valence-corrected chi connectivity index (χ4v) is 2.93. The number of carbonyl (C=O) groups is 1. The molecule has 0 saturated carbocycles. The highest BCUT2D eigenvalue weighted by atomic mass is 19.4. The van der Waals surface area contributed by atoms with E-state index in [4.69, 9.17) is 0 Å². The summed E-state index contributed by atoms with van der Waals surface area (Å²) in [4.78, 5) is 14.7. The lowest BCUT2D eigenvalue weighted by atomic mass is 10.0. The summed E-state index contributed by atoms with van der Waals surface area (Å²) in [6.07, 6.45) is -4.50. The first-order chi connectivity index (χ1) is 12.7. The van der Waals surface area contributed by atoms with E-state index in [1.807, 2.05) is 13.8 Å². The van der Waals surface area contributed by atoms with E-state index in [1.165, 1.54) is 30.3 Å². The Balaban J connectivity index is 2.43. The zero-order chi connectivity index (χ0) is 20.2. The fraction of sp³-hybridized carbons (Fsp3) is 0.350. The van der Waals surface area contributed by atoms with Crippen LogP contribution in [0.2, 0.25) is 0 Å². The van der Waals surface area contributed by atoms with Crippen LogP contribution < -0.4 is 5.32 Å². The zero-order valence-corrected chi connectivity index (χ0v) is 15.4. The molecule has 0 saturated heterocycles. The van der Waals surface area contributed by atoms with Gasteiger partial charge in [-0.05, 0) is 55.4 Å². The van der Waals surface area contributed by atoms with Crippen LogP contribution in [0.3, 0.4) is 0 Å². The molecule has 3 nitrogen and oxygen atoms in total. The molecule has 1 N–H and O–H groups in total. The first-order valence-electron chi connectivity index (χ1n) is 8.65. The summed E-state index contributed by atoms with van der Waals surface area (Å²) in [6.45, 7) is 6.29. The first-order valence-corrected chi connectivity index (χ1v) is 8.65. The first kappa shape index (κ1) is 20.9. The van der Waals surface area contributed by atoms with Gasteiger partial charge >= 0.3 is 6.18 Å². The molecule has 0 fully saturated rings. The van der Waals surface area contributed by atoms with Crippen LogP contribution in [0.1, 0.15) is 36.6 Å². The number of carbonyl (C=O) groups excluding carboxylic acids is 1. The quantitative estimate of drug-likeness (QED) is 0.699. The molecule has 0 unspecified atom stereocenters. The third kappa shape index (κ3) is 5.07. The normalized spacial score (nSPS) is 12.9. The van der Waals surface area contributed by atoms with E-state index in [0.717, 1.165) is 12.1 Å². The lowest BCUT2D eigenvalue weighted by Gasteiger charge is -2.29. The van der Waals surface area contributed by atoms with Crippen molar-refractivity contribution in [3.05, 3.63) is 65.0 Å². The van der Waals surface area contributed by atoms with E-state index in [0.29, 0.717) is 24.3 Å². The van der Waals surface area contributed by atoms with Crippen molar-refractivity contribution in [3.63, 3.8) is 0 Å². The van der Waals surface area contributed by atoms with E-state index in [1.54, 1.807) is 11.8 Å². The van der Waals surface area contributed by atoms with Gasteiger partial charge in [0.25, 0.3) is 0 Å². The molecule has 0 aromatic heterocycles. The molecule has 27 heavy (non-hydrogen) atoms. The molecule has 0 heterocycles. The van der Waals surface area contributed by atoms with Crippen LogP contribution in [0.25, 0.3) is 0 Å². The van der Waals surface area contributed by atoms with Crippen molar-refractivity contribution in [2.24, 2.45) is 0 Å². The summed E-state index contributed by atoms with van der Waals surface area (Å²) in [5.41, 5.74) is 0.378. The summed E-state index contributed by atoms with van der Waals surface area (Å²) in [6, 6.07) is 7.81. The van der Waals surface area contributed by atoms with Gasteiger partial charge < -0.3 is 5.32 Å². The lowest BCUT2D eigenvalue weighted by molar-refractivity contribution is -0.137. The van der Waals surface area contributed by atoms with Gasteiger partial charge in [-0.15, -0.1) is 0 Å². The third-order valence-corrected chi connectivity index (χ3v) is 4.41. The summed E-state index contributed by atoms with van der Waals surface area (Å²) in [5, 5.41) is 2.66. The Morgan fingerprint density at radius 3 is 2.37 bits per heavy atom. The van der Waals surface area contributed by atoms with Gasteiger partial charge in [0.15, 0.2) is 0 Å². The van der Waals surface area contributed by atoms with Crippen molar-refractivity contribution < 1.29 is 22.4 Å². The summed E-state index contributed by atoms with van der Waals surface area (Å²) in [5.74, 6) is -1.01. The van der Waals surface area contributed by atoms with E-state index in [9.17, 15) is 22.4 Å². The molecule has 0 radical (unpaired) electrons. The van der Waals surface area contributed by atoms with E-state index in [2.05, 4.69) is 5.32 Å². The van der Waals surface area contributed by atoms with Crippen LogP contribution in [0.4, 0.5) is 23.2 Å². The molecule has 1 atom stereocenters. The minimum atomic E-state index is -4.50. The number of hydrogen-bond donors (Lipinski definition) is 1. The van der Waals surface area contributed by atoms with Crippen LogP contribution >= 0.6 is 0 Å². The number of hydrogen-bond acceptors (Lipinski definition) is 2. The van der Waals surface area contributed by atoms with Gasteiger partial charge in [-0.2, -0.15) is 13.2 Å². The lowest BCUT2D eigenvalue weighted by Crippen LogP contribution is -2.37. The Morgan fingerprint density at radius 1 is 1.11 bits per heavy atom. The van der Waals surface area contributed by atoms with Gasteiger partial charge in [-0.1, -0.05) is 32.0 Å². The number of likely N-dealkylation sites (N-methyl/N-ethyl adjacent to an activating group) is 1. The summed E-state index contributed by atoms with van der Waals surface area (Å²) >= 11 is 0. The van der Waals surface area contributed by atoms with Crippen molar-refractivity contribution in [1.29, 1.82) is 0 Å². The number of amides is 1. The number of alkyl halides is 3. The molecule has 2 aromatic carbocycles. The second kappa shape index (κ2) is 8.52. The number of aryl methyl sites for hydroxylation is 1. The molecule has 7 heteroatoms. The molecular formula is C20H22F4N2O. The molecule has 2 rings (SSSR count). The predicted octanol–water partition coefficient (Wildman–Crippen LogP) is 5.17. The largest absolute Gasteiger partial charge is 0.416 e. The minimum Gasteiger partial charge on any atom is -0.324 e. The van der Waals surface area contributed by atoms with Crippen LogP contribution in [-0.4, -0.2) is 23.9 Å². The Bertz CT molecular complexity index is 801. The average Bonchev–Trinajstić information content (AvgIpc) is 2.61. The molecule has 0 aliphatic rings. The number of benzene rings is 2. The SMILES string of the molecule is CCN(CC)[C@@H](C(=O)Nc1cc(F)ccc1C)c1cccc(C(F)(F)F)c1. The second-order valence-electron chi connectivity index (χ2n) is 6.20. The highest BCUT2D eigenvalue weighted by Gasteiger charge is 2.33. The van der Waals surface area contributed by atoms with Crippen molar-refractivity contribution in [1.82, 2.24) is 4.90 Å². The van der Waals surface area contributed by atoms with Crippen molar-refractivity contribution >= 4 is 11.6 Å². The highest BCUT2D eigenvalue weighted by molar-refractivity contribution is 5.96.